The standard InChI is InChI=1S/C11H19N3/c1-3-10(8-12)9-14(2)11-6-4-5-7-13-11/h4-7,10H,3,8-9,12H2,1-2H3. The lowest BCUT2D eigenvalue weighted by Gasteiger charge is -2.22. The molecule has 1 unspecified atom stereocenters. The van der Waals surface area contributed by atoms with E-state index in [-0.39, 0.29) is 0 Å². The lowest BCUT2D eigenvalue weighted by molar-refractivity contribution is 0.519. The molecule has 0 aliphatic heterocycles. The normalized spacial score (nSPS) is 12.5. The SMILES string of the molecule is CCC(CN)CN(C)c1ccccn1. The first kappa shape index (κ1) is 11.0. The zero-order valence-electron chi connectivity index (χ0n) is 8.98. The third kappa shape index (κ3) is 3.00. The van der Waals surface area contributed by atoms with Crippen LogP contribution >= 0.6 is 0 Å². The fourth-order valence-electron chi connectivity index (χ4n) is 1.43. The van der Waals surface area contributed by atoms with E-state index in [1.165, 1.54) is 0 Å². The van der Waals surface area contributed by atoms with Crippen LogP contribution in [0.1, 0.15) is 13.3 Å². The van der Waals surface area contributed by atoms with Gasteiger partial charge in [0.15, 0.2) is 0 Å². The van der Waals surface area contributed by atoms with E-state index in [1.807, 2.05) is 24.4 Å². The highest BCUT2D eigenvalue weighted by molar-refractivity contribution is 5.36. The molecule has 3 heteroatoms. The molecule has 0 bridgehead atoms. The topological polar surface area (TPSA) is 42.1 Å². The first-order valence-electron chi connectivity index (χ1n) is 5.10. The lowest BCUT2D eigenvalue weighted by Crippen LogP contribution is -2.30. The molecule has 0 aliphatic rings. The molecule has 1 heterocycles. The first-order chi connectivity index (χ1) is 6.77. The second kappa shape index (κ2) is 5.60. The fourth-order valence-corrected chi connectivity index (χ4v) is 1.43. The summed E-state index contributed by atoms with van der Waals surface area (Å²) in [5.41, 5.74) is 5.66. The van der Waals surface area contributed by atoms with Crippen LogP contribution in [0.2, 0.25) is 0 Å². The predicted octanol–water partition coefficient (Wildman–Crippen LogP) is 1.50. The Labute approximate surface area is 85.9 Å². The van der Waals surface area contributed by atoms with Crippen molar-refractivity contribution in [1.82, 2.24) is 4.98 Å². The Bertz CT molecular complexity index is 244. The molecule has 0 radical (unpaired) electrons. The number of rotatable bonds is 5. The Morgan fingerprint density at radius 2 is 2.29 bits per heavy atom. The minimum Gasteiger partial charge on any atom is -0.359 e. The van der Waals surface area contributed by atoms with E-state index in [4.69, 9.17) is 5.73 Å². The van der Waals surface area contributed by atoms with Gasteiger partial charge < -0.3 is 10.6 Å². The van der Waals surface area contributed by atoms with Crippen LogP contribution in [0.25, 0.3) is 0 Å². The first-order valence-corrected chi connectivity index (χ1v) is 5.10. The van der Waals surface area contributed by atoms with E-state index < -0.39 is 0 Å². The number of hydrogen-bond donors (Lipinski definition) is 1. The van der Waals surface area contributed by atoms with Gasteiger partial charge in [-0.2, -0.15) is 0 Å². The van der Waals surface area contributed by atoms with E-state index in [0.717, 1.165) is 25.3 Å². The second-order valence-corrected chi connectivity index (χ2v) is 3.58. The van der Waals surface area contributed by atoms with Gasteiger partial charge in [-0.15, -0.1) is 0 Å². The van der Waals surface area contributed by atoms with Crippen molar-refractivity contribution >= 4 is 5.82 Å². The summed E-state index contributed by atoms with van der Waals surface area (Å²) < 4.78 is 0. The average molecular weight is 193 g/mol. The van der Waals surface area contributed by atoms with Crippen LogP contribution in [0.4, 0.5) is 5.82 Å². The van der Waals surface area contributed by atoms with Crippen molar-refractivity contribution in [2.75, 3.05) is 25.0 Å². The summed E-state index contributed by atoms with van der Waals surface area (Å²) >= 11 is 0. The van der Waals surface area contributed by atoms with Crippen molar-refractivity contribution in [2.24, 2.45) is 11.7 Å². The average Bonchev–Trinajstić information content (AvgIpc) is 2.26. The van der Waals surface area contributed by atoms with Crippen LogP contribution in [0.3, 0.4) is 0 Å². The Hall–Kier alpha value is -1.09. The maximum atomic E-state index is 5.66. The van der Waals surface area contributed by atoms with Crippen molar-refractivity contribution < 1.29 is 0 Å². The molecule has 14 heavy (non-hydrogen) atoms. The highest BCUT2D eigenvalue weighted by Crippen LogP contribution is 2.10. The number of anilines is 1. The van der Waals surface area contributed by atoms with Crippen molar-refractivity contribution in [3.8, 4) is 0 Å². The number of nitrogens with zero attached hydrogens (tertiary/aromatic N) is 2. The Morgan fingerprint density at radius 3 is 2.79 bits per heavy atom. The molecule has 78 valence electrons. The maximum Gasteiger partial charge on any atom is 0.128 e. The number of aromatic nitrogens is 1. The van der Waals surface area contributed by atoms with Crippen LogP contribution in [0.5, 0.6) is 0 Å². The van der Waals surface area contributed by atoms with E-state index in [2.05, 4.69) is 23.9 Å². The summed E-state index contributed by atoms with van der Waals surface area (Å²) in [6, 6.07) is 5.95. The smallest absolute Gasteiger partial charge is 0.128 e. The maximum absolute atomic E-state index is 5.66. The van der Waals surface area contributed by atoms with Gasteiger partial charge in [0.2, 0.25) is 0 Å². The molecule has 0 fully saturated rings. The molecule has 0 saturated carbocycles. The highest BCUT2D eigenvalue weighted by atomic mass is 15.2. The molecular formula is C11H19N3. The molecule has 0 spiro atoms. The zero-order valence-corrected chi connectivity index (χ0v) is 8.98. The van der Waals surface area contributed by atoms with Gasteiger partial charge in [-0.1, -0.05) is 19.4 Å². The molecule has 1 atom stereocenters. The molecule has 3 nitrogen and oxygen atoms in total. The van der Waals surface area contributed by atoms with Crippen molar-refractivity contribution in [1.29, 1.82) is 0 Å². The molecule has 2 N–H and O–H groups in total. The molecule has 0 aliphatic carbocycles. The summed E-state index contributed by atoms with van der Waals surface area (Å²) in [5.74, 6) is 1.57. The quantitative estimate of drug-likeness (QED) is 0.770. The van der Waals surface area contributed by atoms with Gasteiger partial charge in [0.05, 0.1) is 0 Å². The molecule has 0 saturated heterocycles. The molecule has 1 rings (SSSR count). The Kier molecular flexibility index (Phi) is 4.40. The van der Waals surface area contributed by atoms with Crippen LogP contribution in [0, 0.1) is 5.92 Å². The van der Waals surface area contributed by atoms with Crippen LogP contribution < -0.4 is 10.6 Å². The Balaban J connectivity index is 2.54. The molecule has 1 aromatic heterocycles. The molecule has 0 amide bonds. The zero-order chi connectivity index (χ0) is 10.4. The van der Waals surface area contributed by atoms with Crippen molar-refractivity contribution in [3.05, 3.63) is 24.4 Å². The predicted molar refractivity (Wildman–Crippen MR) is 60.3 cm³/mol. The van der Waals surface area contributed by atoms with Crippen LogP contribution in [-0.2, 0) is 0 Å². The van der Waals surface area contributed by atoms with E-state index >= 15 is 0 Å². The van der Waals surface area contributed by atoms with Gasteiger partial charge in [0.1, 0.15) is 5.82 Å². The van der Waals surface area contributed by atoms with E-state index in [0.29, 0.717) is 5.92 Å². The monoisotopic (exact) mass is 193 g/mol. The number of hydrogen-bond acceptors (Lipinski definition) is 3. The van der Waals surface area contributed by atoms with Crippen molar-refractivity contribution in [3.63, 3.8) is 0 Å². The summed E-state index contributed by atoms with van der Waals surface area (Å²) in [4.78, 5) is 6.44. The van der Waals surface area contributed by atoms with Gasteiger partial charge in [0, 0.05) is 19.8 Å². The Morgan fingerprint density at radius 1 is 1.50 bits per heavy atom. The second-order valence-electron chi connectivity index (χ2n) is 3.58. The van der Waals surface area contributed by atoms with E-state index in [1.54, 1.807) is 0 Å². The molecule has 1 aromatic rings. The number of nitrogens with two attached hydrogens (primary N) is 1. The molecular weight excluding hydrogens is 174 g/mol. The van der Waals surface area contributed by atoms with Gasteiger partial charge in [-0.3, -0.25) is 0 Å². The summed E-state index contributed by atoms with van der Waals surface area (Å²) in [6.07, 6.45) is 2.93. The molecule has 0 aromatic carbocycles. The van der Waals surface area contributed by atoms with E-state index in [9.17, 15) is 0 Å². The minimum atomic E-state index is 0.557. The van der Waals surface area contributed by atoms with Gasteiger partial charge in [0.25, 0.3) is 0 Å². The summed E-state index contributed by atoms with van der Waals surface area (Å²) in [6.45, 7) is 3.89. The number of pyridine rings is 1. The van der Waals surface area contributed by atoms with Crippen molar-refractivity contribution in [2.45, 2.75) is 13.3 Å². The summed E-state index contributed by atoms with van der Waals surface area (Å²) in [5, 5.41) is 0. The minimum absolute atomic E-state index is 0.557. The third-order valence-electron chi connectivity index (χ3n) is 2.48. The highest BCUT2D eigenvalue weighted by Gasteiger charge is 2.08. The lowest BCUT2D eigenvalue weighted by atomic mass is 10.1. The van der Waals surface area contributed by atoms with Gasteiger partial charge in [-0.25, -0.2) is 4.98 Å². The largest absolute Gasteiger partial charge is 0.359 e. The third-order valence-corrected chi connectivity index (χ3v) is 2.48. The van der Waals surface area contributed by atoms with Crippen LogP contribution in [-0.4, -0.2) is 25.1 Å². The van der Waals surface area contributed by atoms with Gasteiger partial charge in [-0.05, 0) is 24.6 Å². The fraction of sp³-hybridized carbons (Fsp3) is 0.545. The van der Waals surface area contributed by atoms with Crippen LogP contribution in [0.15, 0.2) is 24.4 Å². The summed E-state index contributed by atoms with van der Waals surface area (Å²) in [7, 11) is 2.06. The van der Waals surface area contributed by atoms with Gasteiger partial charge >= 0.3 is 0 Å².